The summed E-state index contributed by atoms with van der Waals surface area (Å²) in [6.45, 7) is 19.4. The monoisotopic (exact) mass is 1350 g/mol. The smallest absolute Gasteiger partial charge is 0.248 e. The fourth-order valence-corrected chi connectivity index (χ4v) is 14.3. The number of rotatable bonds is 19. The lowest BCUT2D eigenvalue weighted by Crippen LogP contribution is -2.52. The first-order valence-electron chi connectivity index (χ1n) is 35.8. The maximum atomic E-state index is 11.8. The highest BCUT2D eigenvalue weighted by Crippen LogP contribution is 2.35. The Hall–Kier alpha value is -10.7. The van der Waals surface area contributed by atoms with E-state index in [9.17, 15) is 4.79 Å². The SMILES string of the molecule is CC(C)CCN1CCN(c2ccc(Nc3ccc(-c4cc[nH]c(=O)c4)n4ccnc34)cc2)CC1.COc1cc(-c2ccc(Nc3ccc(N4CCN(C5CC5)CC4)cc3)c3nccn23)ccn1.COc1cc(-c2ccc(Nc3ccc(N4CCN(C5CCC5)CC4)cc3)c3nccn23)ccn1. The van der Waals surface area contributed by atoms with Gasteiger partial charge in [-0.2, -0.15) is 0 Å². The van der Waals surface area contributed by atoms with Crippen molar-refractivity contribution >= 4 is 68.1 Å². The van der Waals surface area contributed by atoms with Gasteiger partial charge in [0, 0.05) is 215 Å². The highest BCUT2D eigenvalue weighted by atomic mass is 16.5. The second kappa shape index (κ2) is 30.4. The van der Waals surface area contributed by atoms with Crippen LogP contribution in [0.2, 0.25) is 0 Å². The molecule has 0 amide bonds. The Balaban J connectivity index is 0.000000123. The molecule has 17 rings (SSSR count). The van der Waals surface area contributed by atoms with Crippen LogP contribution in [0.4, 0.5) is 51.2 Å². The summed E-state index contributed by atoms with van der Waals surface area (Å²) >= 11 is 0. The van der Waals surface area contributed by atoms with Crippen molar-refractivity contribution in [2.75, 3.05) is 130 Å². The minimum absolute atomic E-state index is 0.120. The second-order valence-electron chi connectivity index (χ2n) is 27.3. The Bertz CT molecular complexity index is 4790. The van der Waals surface area contributed by atoms with Crippen LogP contribution >= 0.6 is 0 Å². The van der Waals surface area contributed by atoms with Gasteiger partial charge in [-0.05, 0) is 172 Å². The number of anilines is 9. The molecule has 12 heterocycles. The van der Waals surface area contributed by atoms with Gasteiger partial charge in [0.1, 0.15) is 0 Å². The summed E-state index contributed by atoms with van der Waals surface area (Å²) in [5.41, 5.74) is 18.2. The van der Waals surface area contributed by atoms with Gasteiger partial charge in [0.05, 0.1) is 48.4 Å². The molecule has 0 radical (unpaired) electrons. The van der Waals surface area contributed by atoms with Crippen LogP contribution in [-0.4, -0.2) is 169 Å². The molecular formula is C80H90N18O3. The van der Waals surface area contributed by atoms with Crippen molar-refractivity contribution < 1.29 is 9.47 Å². The van der Waals surface area contributed by atoms with Gasteiger partial charge in [-0.3, -0.25) is 32.7 Å². The minimum Gasteiger partial charge on any atom is -0.481 e. The van der Waals surface area contributed by atoms with Crippen molar-refractivity contribution in [3.8, 4) is 45.5 Å². The molecule has 0 atom stereocenters. The fraction of sp³-hybridized carbons (Fsp3) is 0.325. The molecule has 3 saturated heterocycles. The van der Waals surface area contributed by atoms with Crippen molar-refractivity contribution in [2.45, 2.75) is 64.5 Å². The number of nitrogens with one attached hydrogen (secondary N) is 4. The van der Waals surface area contributed by atoms with E-state index in [-0.39, 0.29) is 5.56 Å². The number of H-pyrrole nitrogens is 1. The standard InChI is InChI=1S/C27H30N6O.C27H32N6O.C26H28N6O/c1-34-26-19-20(11-12-28-26)25-10-9-24(27-29-13-14-33(25)27)30-21-5-7-23(8-6-21)32-17-15-31(16-18-32)22-3-2-4-22;1-20(2)10-13-31-15-17-32(18-16-31)23-5-3-22(4-6-23)30-24-7-8-25(33-14-12-29-27(24)33)21-9-11-28-26(34)19-21;1-33-25-18-19(10-11-27-25)24-9-8-23(26-28-12-13-32(24)26)29-20-2-4-21(5-3-20)30-14-16-31(17-15-30)22-6-7-22/h5-14,19,22,30H,2-4,15-18H2,1H3;3-9,11-12,14,19-20,30H,10,13,15-18H2,1-2H3,(H,28,34);2-5,8-13,18,22,29H,6-7,14-17H2,1H3. The van der Waals surface area contributed by atoms with Gasteiger partial charge in [0.2, 0.25) is 17.3 Å². The average Bonchev–Trinajstić information content (AvgIpc) is 1.76. The summed E-state index contributed by atoms with van der Waals surface area (Å²) in [6, 6.07) is 51.6. The molecule has 5 aliphatic rings. The number of aromatic nitrogens is 9. The van der Waals surface area contributed by atoms with E-state index in [1.54, 1.807) is 45.1 Å². The summed E-state index contributed by atoms with van der Waals surface area (Å²) in [6.07, 6.45) is 24.7. The van der Waals surface area contributed by atoms with Crippen LogP contribution in [0.3, 0.4) is 0 Å². The number of ether oxygens (including phenoxy) is 2. The van der Waals surface area contributed by atoms with Crippen LogP contribution in [0.15, 0.2) is 206 Å². The lowest BCUT2D eigenvalue weighted by molar-refractivity contribution is 0.120. The predicted octanol–water partition coefficient (Wildman–Crippen LogP) is 13.9. The van der Waals surface area contributed by atoms with Gasteiger partial charge < -0.3 is 45.1 Å². The van der Waals surface area contributed by atoms with E-state index in [0.29, 0.717) is 11.8 Å². The van der Waals surface area contributed by atoms with Gasteiger partial charge in [-0.15, -0.1) is 0 Å². The zero-order valence-electron chi connectivity index (χ0n) is 58.2. The number of piperazine rings is 3. The fourth-order valence-electron chi connectivity index (χ4n) is 14.3. The van der Waals surface area contributed by atoms with E-state index in [0.717, 1.165) is 155 Å². The Morgan fingerprint density at radius 3 is 1.18 bits per heavy atom. The van der Waals surface area contributed by atoms with Gasteiger partial charge >= 0.3 is 0 Å². The van der Waals surface area contributed by atoms with Crippen molar-refractivity contribution in [1.29, 1.82) is 0 Å². The third kappa shape index (κ3) is 15.4. The lowest BCUT2D eigenvalue weighted by Gasteiger charge is -2.43. The van der Waals surface area contributed by atoms with E-state index in [1.807, 2.05) is 77.8 Å². The summed E-state index contributed by atoms with van der Waals surface area (Å²) in [5, 5.41) is 10.6. The quantitative estimate of drug-likeness (QED) is 0.0599. The van der Waals surface area contributed by atoms with E-state index >= 15 is 0 Å². The molecule has 21 heteroatoms. The van der Waals surface area contributed by atoms with Crippen LogP contribution < -0.4 is 45.7 Å². The molecule has 101 heavy (non-hydrogen) atoms. The number of aromatic amines is 1. The molecule has 0 bridgehead atoms. The van der Waals surface area contributed by atoms with Gasteiger partial charge in [0.25, 0.3) is 0 Å². The van der Waals surface area contributed by atoms with Crippen LogP contribution in [0.25, 0.3) is 50.7 Å². The first kappa shape index (κ1) is 66.2. The molecular weight excluding hydrogens is 1260 g/mol. The van der Waals surface area contributed by atoms with E-state index in [4.69, 9.17) is 9.47 Å². The van der Waals surface area contributed by atoms with Crippen LogP contribution in [-0.2, 0) is 0 Å². The molecule has 0 spiro atoms. The molecule has 0 unspecified atom stereocenters. The zero-order chi connectivity index (χ0) is 68.6. The topological polar surface area (TPSA) is 185 Å². The highest BCUT2D eigenvalue weighted by molar-refractivity contribution is 5.81. The first-order valence-corrected chi connectivity index (χ1v) is 35.8. The first-order chi connectivity index (χ1) is 49.6. The molecule has 12 aromatic rings. The number of benzene rings is 3. The van der Waals surface area contributed by atoms with Gasteiger partial charge in [-0.1, -0.05) is 20.3 Å². The molecule has 5 fully saturated rings. The largest absolute Gasteiger partial charge is 0.481 e. The van der Waals surface area contributed by atoms with E-state index < -0.39 is 0 Å². The summed E-state index contributed by atoms with van der Waals surface area (Å²) in [4.78, 5) is 52.0. The van der Waals surface area contributed by atoms with E-state index in [2.05, 4.69) is 195 Å². The summed E-state index contributed by atoms with van der Waals surface area (Å²) in [7, 11) is 3.26. The third-order valence-corrected chi connectivity index (χ3v) is 20.4. The van der Waals surface area contributed by atoms with Crippen molar-refractivity contribution in [2.24, 2.45) is 5.92 Å². The maximum absolute atomic E-state index is 11.8. The number of hydrogen-bond donors (Lipinski definition) is 4. The van der Waals surface area contributed by atoms with Gasteiger partial charge in [0.15, 0.2) is 16.9 Å². The number of nitrogens with zero attached hydrogens (tertiary/aromatic N) is 14. The molecule has 3 aliphatic heterocycles. The number of pyridine rings is 6. The van der Waals surface area contributed by atoms with Crippen molar-refractivity contribution in [3.63, 3.8) is 0 Å². The summed E-state index contributed by atoms with van der Waals surface area (Å²) < 4.78 is 16.8. The predicted molar refractivity (Wildman–Crippen MR) is 407 cm³/mol. The number of hydrogen-bond acceptors (Lipinski definition) is 17. The third-order valence-electron chi connectivity index (χ3n) is 20.4. The average molecular weight is 1350 g/mol. The Labute approximate surface area is 590 Å². The molecule has 9 aromatic heterocycles. The zero-order valence-corrected chi connectivity index (χ0v) is 58.2. The van der Waals surface area contributed by atoms with Gasteiger partial charge in [-0.25, -0.2) is 24.9 Å². The van der Waals surface area contributed by atoms with Crippen LogP contribution in [0.5, 0.6) is 11.8 Å². The lowest BCUT2D eigenvalue weighted by atomic mass is 9.91. The molecule has 21 nitrogen and oxygen atoms in total. The maximum Gasteiger partial charge on any atom is 0.248 e. The minimum atomic E-state index is -0.120. The Morgan fingerprint density at radius 2 is 0.822 bits per heavy atom. The Morgan fingerprint density at radius 1 is 0.436 bits per heavy atom. The molecule has 2 aliphatic carbocycles. The highest BCUT2D eigenvalue weighted by Gasteiger charge is 2.32. The molecule has 518 valence electrons. The summed E-state index contributed by atoms with van der Waals surface area (Å²) in [5.74, 6) is 1.95. The molecule has 4 N–H and O–H groups in total. The normalized spacial score (nSPS) is 16.2. The number of fused-ring (bicyclic) bond motifs is 3. The number of methoxy groups -OCH3 is 2. The molecule has 2 saturated carbocycles. The van der Waals surface area contributed by atoms with Crippen molar-refractivity contribution in [3.05, 3.63) is 212 Å². The molecule has 3 aromatic carbocycles. The van der Waals surface area contributed by atoms with Crippen molar-refractivity contribution in [1.82, 2.24) is 57.8 Å². The second-order valence-corrected chi connectivity index (χ2v) is 27.3. The number of imidazole rings is 3. The van der Waals surface area contributed by atoms with Crippen LogP contribution in [0, 0.1) is 5.92 Å². The Kier molecular flexibility index (Phi) is 19.9. The van der Waals surface area contributed by atoms with E-state index in [1.165, 1.54) is 88.3 Å². The van der Waals surface area contributed by atoms with Crippen LogP contribution in [0.1, 0.15) is 52.4 Å².